The first-order valence-electron chi connectivity index (χ1n) is 8.19. The van der Waals surface area contributed by atoms with E-state index in [-0.39, 0.29) is 0 Å². The molecule has 0 radical (unpaired) electrons. The Hall–Kier alpha value is -0.610. The van der Waals surface area contributed by atoms with E-state index in [0.29, 0.717) is 0 Å². The molecule has 1 atom stereocenters. The highest BCUT2D eigenvalue weighted by molar-refractivity contribution is 7.15. The maximum Gasteiger partial charge on any atom is 0.186 e. The second kappa shape index (κ2) is 7.99. The number of nitrogens with one attached hydrogen (secondary N) is 1. The summed E-state index contributed by atoms with van der Waals surface area (Å²) in [4.78, 5) is 9.01. The van der Waals surface area contributed by atoms with E-state index in [0.717, 1.165) is 19.0 Å². The monoisotopic (exact) mass is 295 g/mol. The van der Waals surface area contributed by atoms with Crippen molar-refractivity contribution < 1.29 is 0 Å². The lowest BCUT2D eigenvalue weighted by atomic mass is 9.99. The van der Waals surface area contributed by atoms with Gasteiger partial charge in [-0.2, -0.15) is 0 Å². The first-order valence-corrected chi connectivity index (χ1v) is 9.01. The van der Waals surface area contributed by atoms with E-state index in [1.54, 1.807) is 0 Å². The lowest BCUT2D eigenvalue weighted by Gasteiger charge is -2.35. The van der Waals surface area contributed by atoms with Crippen LogP contribution in [0.5, 0.6) is 0 Å². The van der Waals surface area contributed by atoms with Crippen LogP contribution in [-0.4, -0.2) is 24.6 Å². The Kier molecular flexibility index (Phi) is 6.30. The van der Waals surface area contributed by atoms with E-state index in [4.69, 9.17) is 4.98 Å². The number of hydrogen-bond acceptors (Lipinski definition) is 4. The second-order valence-corrected chi connectivity index (χ2v) is 6.84. The number of rotatable bonds is 7. The Bertz CT molecular complexity index is 377. The summed E-state index contributed by atoms with van der Waals surface area (Å²) >= 11 is 1.91. The Balaban J connectivity index is 2.18. The van der Waals surface area contributed by atoms with E-state index in [9.17, 15) is 0 Å². The summed E-state index contributed by atoms with van der Waals surface area (Å²) in [5, 5.41) is 4.56. The first kappa shape index (κ1) is 15.8. The molecule has 2 rings (SSSR count). The first-order chi connectivity index (χ1) is 9.80. The van der Waals surface area contributed by atoms with Crippen molar-refractivity contribution >= 4 is 16.5 Å². The lowest BCUT2D eigenvalue weighted by molar-refractivity contribution is 0.434. The molecule has 4 heteroatoms. The summed E-state index contributed by atoms with van der Waals surface area (Å²) in [6, 6.07) is 0.719. The van der Waals surface area contributed by atoms with Crippen LogP contribution in [0.15, 0.2) is 0 Å². The minimum atomic E-state index is 0.719. The predicted molar refractivity (Wildman–Crippen MR) is 88.8 cm³/mol. The maximum absolute atomic E-state index is 4.98. The third-order valence-electron chi connectivity index (χ3n) is 4.09. The Labute approximate surface area is 127 Å². The topological polar surface area (TPSA) is 28.2 Å². The zero-order valence-corrected chi connectivity index (χ0v) is 14.1. The molecule has 1 aromatic heterocycles. The molecule has 20 heavy (non-hydrogen) atoms. The molecule has 1 aliphatic rings. The number of thiazole rings is 1. The summed E-state index contributed by atoms with van der Waals surface area (Å²) < 4.78 is 0. The zero-order chi connectivity index (χ0) is 14.4. The average molecular weight is 295 g/mol. The van der Waals surface area contributed by atoms with Crippen molar-refractivity contribution in [3.8, 4) is 0 Å². The van der Waals surface area contributed by atoms with Gasteiger partial charge in [-0.3, -0.25) is 0 Å². The third kappa shape index (κ3) is 3.73. The molecular weight excluding hydrogens is 266 g/mol. The quantitative estimate of drug-likeness (QED) is 0.825. The van der Waals surface area contributed by atoms with Gasteiger partial charge in [0.05, 0.1) is 5.69 Å². The molecule has 0 aliphatic carbocycles. The fraction of sp³-hybridized carbons (Fsp3) is 0.812. The van der Waals surface area contributed by atoms with Crippen LogP contribution >= 0.6 is 11.3 Å². The molecule has 1 aliphatic heterocycles. The lowest BCUT2D eigenvalue weighted by Crippen LogP contribution is -2.39. The minimum absolute atomic E-state index is 0.719. The Morgan fingerprint density at radius 2 is 2.15 bits per heavy atom. The van der Waals surface area contributed by atoms with Crippen LogP contribution < -0.4 is 10.2 Å². The molecular formula is C16H29N3S. The fourth-order valence-corrected chi connectivity index (χ4v) is 4.32. The standard InChI is InChI=1S/C16H29N3S/c1-4-8-13-10-6-7-11-19(13)16-18-14(9-5-2)15(20-16)12-17-3/h13,17H,4-12H2,1-3H3. The number of nitrogens with zero attached hydrogens (tertiary/aromatic N) is 2. The Morgan fingerprint density at radius 3 is 2.85 bits per heavy atom. The van der Waals surface area contributed by atoms with Gasteiger partial charge in [-0.05, 0) is 39.2 Å². The Morgan fingerprint density at radius 1 is 1.30 bits per heavy atom. The molecule has 0 bridgehead atoms. The molecule has 2 heterocycles. The van der Waals surface area contributed by atoms with Gasteiger partial charge in [0.25, 0.3) is 0 Å². The van der Waals surface area contributed by atoms with Crippen molar-refractivity contribution in [2.45, 2.75) is 71.4 Å². The molecule has 1 unspecified atom stereocenters. The predicted octanol–water partition coefficient (Wildman–Crippen LogP) is 3.97. The van der Waals surface area contributed by atoms with E-state index < -0.39 is 0 Å². The molecule has 1 aromatic rings. The van der Waals surface area contributed by atoms with Crippen molar-refractivity contribution in [2.24, 2.45) is 0 Å². The van der Waals surface area contributed by atoms with Crippen LogP contribution in [0.2, 0.25) is 0 Å². The van der Waals surface area contributed by atoms with Gasteiger partial charge in [-0.25, -0.2) is 4.98 Å². The van der Waals surface area contributed by atoms with Crippen molar-refractivity contribution in [3.05, 3.63) is 10.6 Å². The smallest absolute Gasteiger partial charge is 0.186 e. The molecule has 0 spiro atoms. The van der Waals surface area contributed by atoms with E-state index in [1.807, 2.05) is 18.4 Å². The number of anilines is 1. The molecule has 1 N–H and O–H groups in total. The van der Waals surface area contributed by atoms with Crippen LogP contribution in [0.4, 0.5) is 5.13 Å². The third-order valence-corrected chi connectivity index (χ3v) is 5.22. The highest BCUT2D eigenvalue weighted by Gasteiger charge is 2.25. The van der Waals surface area contributed by atoms with Crippen LogP contribution in [0.1, 0.15) is 62.9 Å². The summed E-state index contributed by atoms with van der Waals surface area (Å²) in [6.45, 7) is 6.69. The highest BCUT2D eigenvalue weighted by Crippen LogP contribution is 2.33. The van der Waals surface area contributed by atoms with Gasteiger partial charge in [0, 0.05) is 24.0 Å². The van der Waals surface area contributed by atoms with Gasteiger partial charge < -0.3 is 10.2 Å². The fourth-order valence-electron chi connectivity index (χ4n) is 3.11. The van der Waals surface area contributed by atoms with Crippen LogP contribution in [0.3, 0.4) is 0 Å². The SMILES string of the molecule is CCCc1nc(N2CCCCC2CCC)sc1CNC. The van der Waals surface area contributed by atoms with Gasteiger partial charge in [0.2, 0.25) is 0 Å². The van der Waals surface area contributed by atoms with Crippen LogP contribution in [0, 0.1) is 0 Å². The largest absolute Gasteiger partial charge is 0.345 e. The molecule has 0 saturated carbocycles. The van der Waals surface area contributed by atoms with Crippen LogP contribution in [0.25, 0.3) is 0 Å². The molecule has 1 saturated heterocycles. The maximum atomic E-state index is 4.98. The second-order valence-electron chi connectivity index (χ2n) is 5.78. The number of aryl methyl sites for hydroxylation is 1. The molecule has 114 valence electrons. The van der Waals surface area contributed by atoms with Crippen LogP contribution in [-0.2, 0) is 13.0 Å². The van der Waals surface area contributed by atoms with Crippen molar-refractivity contribution in [3.63, 3.8) is 0 Å². The summed E-state index contributed by atoms with van der Waals surface area (Å²) in [5.41, 5.74) is 1.32. The highest BCUT2D eigenvalue weighted by atomic mass is 32.1. The van der Waals surface area contributed by atoms with Crippen molar-refractivity contribution in [1.82, 2.24) is 10.3 Å². The van der Waals surface area contributed by atoms with Gasteiger partial charge in [-0.15, -0.1) is 11.3 Å². The zero-order valence-electron chi connectivity index (χ0n) is 13.2. The minimum Gasteiger partial charge on any atom is -0.345 e. The van der Waals surface area contributed by atoms with E-state index >= 15 is 0 Å². The van der Waals surface area contributed by atoms with E-state index in [2.05, 4.69) is 24.1 Å². The number of aromatic nitrogens is 1. The summed E-state index contributed by atoms with van der Waals surface area (Å²) in [5.74, 6) is 0. The van der Waals surface area contributed by atoms with E-state index in [1.165, 1.54) is 60.8 Å². The van der Waals surface area contributed by atoms with Gasteiger partial charge in [0.15, 0.2) is 5.13 Å². The van der Waals surface area contributed by atoms with Crippen molar-refractivity contribution in [1.29, 1.82) is 0 Å². The molecule has 0 amide bonds. The molecule has 1 fully saturated rings. The summed E-state index contributed by atoms with van der Waals surface area (Å²) in [6.07, 6.45) is 8.93. The van der Waals surface area contributed by atoms with Gasteiger partial charge in [0.1, 0.15) is 0 Å². The normalized spacial score (nSPS) is 19.6. The average Bonchev–Trinajstić information content (AvgIpc) is 2.84. The number of hydrogen-bond donors (Lipinski definition) is 1. The number of piperidine rings is 1. The van der Waals surface area contributed by atoms with Gasteiger partial charge >= 0.3 is 0 Å². The molecule has 3 nitrogen and oxygen atoms in total. The van der Waals surface area contributed by atoms with Gasteiger partial charge in [-0.1, -0.05) is 26.7 Å². The molecule has 0 aromatic carbocycles. The summed E-state index contributed by atoms with van der Waals surface area (Å²) in [7, 11) is 2.02. The van der Waals surface area contributed by atoms with Crippen molar-refractivity contribution in [2.75, 3.05) is 18.5 Å².